The van der Waals surface area contributed by atoms with Crippen LogP contribution in [0.2, 0.25) is 5.02 Å². The minimum Gasteiger partial charge on any atom is -0.489 e. The van der Waals surface area contributed by atoms with E-state index in [0.717, 1.165) is 21.9 Å². The number of aldehydes is 1. The minimum atomic E-state index is -0.340. The number of carbonyl (C=O) groups excluding carboxylic acids is 2. The van der Waals surface area contributed by atoms with Crippen LogP contribution in [-0.2, 0) is 27.5 Å². The number of ether oxygens (including phenoxy) is 3. The van der Waals surface area contributed by atoms with Crippen molar-refractivity contribution in [2.45, 2.75) is 38.7 Å². The SMILES string of the molecule is CCOC(=O)C1CC(OCc2cc(C=O)cc(OCc3ccc(Cl)cc3Br)c2)CN1. The molecule has 2 atom stereocenters. The molecule has 6 nitrogen and oxygen atoms in total. The van der Waals surface area contributed by atoms with Crippen molar-refractivity contribution in [2.75, 3.05) is 13.2 Å². The molecule has 1 N–H and O–H groups in total. The van der Waals surface area contributed by atoms with Gasteiger partial charge in [-0.05, 0) is 42.8 Å². The second-order valence-corrected chi connectivity index (χ2v) is 8.22. The van der Waals surface area contributed by atoms with Crippen LogP contribution in [0.25, 0.3) is 0 Å². The van der Waals surface area contributed by atoms with Gasteiger partial charge >= 0.3 is 5.97 Å². The lowest BCUT2D eigenvalue weighted by atomic mass is 10.1. The van der Waals surface area contributed by atoms with Gasteiger partial charge in [0.1, 0.15) is 24.7 Å². The van der Waals surface area contributed by atoms with Crippen LogP contribution in [-0.4, -0.2) is 37.6 Å². The lowest BCUT2D eigenvalue weighted by molar-refractivity contribution is -0.145. The summed E-state index contributed by atoms with van der Waals surface area (Å²) >= 11 is 9.44. The van der Waals surface area contributed by atoms with Gasteiger partial charge < -0.3 is 19.5 Å². The summed E-state index contributed by atoms with van der Waals surface area (Å²) in [5.74, 6) is 0.324. The van der Waals surface area contributed by atoms with Crippen LogP contribution in [0, 0.1) is 0 Å². The Bertz CT molecular complexity index is 907. The van der Waals surface area contributed by atoms with E-state index in [1.165, 1.54) is 0 Å². The lowest BCUT2D eigenvalue weighted by Gasteiger charge is -2.14. The Morgan fingerprint density at radius 3 is 2.83 bits per heavy atom. The molecule has 1 fully saturated rings. The third-order valence-corrected chi connectivity index (χ3v) is 5.65. The highest BCUT2D eigenvalue weighted by Gasteiger charge is 2.30. The first kappa shape index (κ1) is 22.7. The zero-order chi connectivity index (χ0) is 21.5. The fourth-order valence-electron chi connectivity index (χ4n) is 3.19. The summed E-state index contributed by atoms with van der Waals surface area (Å²) in [5.41, 5.74) is 2.27. The first-order chi connectivity index (χ1) is 14.5. The molecular weight excluding hydrogens is 474 g/mol. The van der Waals surface area contributed by atoms with Crippen LogP contribution >= 0.6 is 27.5 Å². The molecule has 8 heteroatoms. The maximum atomic E-state index is 11.8. The maximum absolute atomic E-state index is 11.8. The first-order valence-electron chi connectivity index (χ1n) is 9.66. The van der Waals surface area contributed by atoms with Gasteiger partial charge in [-0.25, -0.2) is 0 Å². The Labute approximate surface area is 189 Å². The molecule has 30 heavy (non-hydrogen) atoms. The van der Waals surface area contributed by atoms with E-state index in [1.54, 1.807) is 31.2 Å². The summed E-state index contributed by atoms with van der Waals surface area (Å²) in [6.45, 7) is 3.35. The molecule has 0 aromatic heterocycles. The molecule has 0 spiro atoms. The van der Waals surface area contributed by atoms with Gasteiger partial charge in [0.2, 0.25) is 0 Å². The van der Waals surface area contributed by atoms with Gasteiger partial charge in [0.05, 0.1) is 19.3 Å². The number of esters is 1. The molecule has 0 amide bonds. The van der Waals surface area contributed by atoms with Crippen molar-refractivity contribution in [2.24, 2.45) is 0 Å². The summed E-state index contributed by atoms with van der Waals surface area (Å²) < 4.78 is 17.7. The van der Waals surface area contributed by atoms with Crippen molar-refractivity contribution >= 4 is 39.8 Å². The van der Waals surface area contributed by atoms with E-state index in [2.05, 4.69) is 21.2 Å². The van der Waals surface area contributed by atoms with E-state index in [4.69, 9.17) is 25.8 Å². The van der Waals surface area contributed by atoms with Gasteiger partial charge in [0.25, 0.3) is 0 Å². The molecule has 2 aromatic carbocycles. The van der Waals surface area contributed by atoms with Crippen molar-refractivity contribution in [1.29, 1.82) is 0 Å². The number of nitrogens with one attached hydrogen (secondary N) is 1. The van der Waals surface area contributed by atoms with Gasteiger partial charge in [0, 0.05) is 33.6 Å². The Kier molecular flexibility index (Phi) is 8.27. The number of carbonyl (C=O) groups is 2. The summed E-state index contributed by atoms with van der Waals surface area (Å²) in [7, 11) is 0. The molecule has 1 aliphatic heterocycles. The highest BCUT2D eigenvalue weighted by atomic mass is 79.9. The van der Waals surface area contributed by atoms with Gasteiger partial charge in [-0.1, -0.05) is 33.6 Å². The molecule has 0 aliphatic carbocycles. The second-order valence-electron chi connectivity index (χ2n) is 6.93. The maximum Gasteiger partial charge on any atom is 0.323 e. The van der Waals surface area contributed by atoms with Crippen molar-refractivity contribution in [3.63, 3.8) is 0 Å². The fraction of sp³-hybridized carbons (Fsp3) is 0.364. The number of hydrogen-bond donors (Lipinski definition) is 1. The average molecular weight is 497 g/mol. The van der Waals surface area contributed by atoms with Gasteiger partial charge in [0.15, 0.2) is 0 Å². The van der Waals surface area contributed by atoms with Crippen molar-refractivity contribution in [3.05, 3.63) is 62.6 Å². The smallest absolute Gasteiger partial charge is 0.323 e. The van der Waals surface area contributed by atoms with Crippen LogP contribution in [0.1, 0.15) is 34.8 Å². The Hall–Kier alpha value is -1.93. The van der Waals surface area contributed by atoms with Gasteiger partial charge in [-0.15, -0.1) is 0 Å². The molecule has 160 valence electrons. The molecule has 1 aliphatic rings. The monoisotopic (exact) mass is 495 g/mol. The van der Waals surface area contributed by atoms with Crippen molar-refractivity contribution in [3.8, 4) is 5.75 Å². The van der Waals surface area contributed by atoms with E-state index in [-0.39, 0.29) is 18.1 Å². The van der Waals surface area contributed by atoms with Gasteiger partial charge in [-0.3, -0.25) is 9.59 Å². The van der Waals surface area contributed by atoms with Crippen molar-refractivity contribution in [1.82, 2.24) is 5.32 Å². The van der Waals surface area contributed by atoms with E-state index < -0.39 is 0 Å². The zero-order valence-electron chi connectivity index (χ0n) is 16.5. The minimum absolute atomic E-state index is 0.103. The predicted octanol–water partition coefficient (Wildman–Crippen LogP) is 4.30. The highest BCUT2D eigenvalue weighted by molar-refractivity contribution is 9.10. The number of rotatable bonds is 9. The van der Waals surface area contributed by atoms with Crippen LogP contribution in [0.15, 0.2) is 40.9 Å². The van der Waals surface area contributed by atoms with Crippen LogP contribution in [0.5, 0.6) is 5.75 Å². The topological polar surface area (TPSA) is 73.9 Å². The zero-order valence-corrected chi connectivity index (χ0v) is 18.9. The largest absolute Gasteiger partial charge is 0.489 e. The molecular formula is C22H23BrClNO5. The van der Waals surface area contributed by atoms with Crippen LogP contribution in [0.3, 0.4) is 0 Å². The predicted molar refractivity (Wildman–Crippen MR) is 117 cm³/mol. The van der Waals surface area contributed by atoms with Crippen LogP contribution in [0.4, 0.5) is 0 Å². The molecule has 0 saturated carbocycles. The average Bonchev–Trinajstić information content (AvgIpc) is 3.21. The third-order valence-electron chi connectivity index (χ3n) is 4.68. The molecule has 0 radical (unpaired) electrons. The number of benzene rings is 2. The van der Waals surface area contributed by atoms with E-state index >= 15 is 0 Å². The quantitative estimate of drug-likeness (QED) is 0.412. The Morgan fingerprint density at radius 2 is 2.10 bits per heavy atom. The Balaban J connectivity index is 1.59. The summed E-state index contributed by atoms with van der Waals surface area (Å²) in [6, 6.07) is 10.5. The van der Waals surface area contributed by atoms with Crippen molar-refractivity contribution < 1.29 is 23.8 Å². The summed E-state index contributed by atoms with van der Waals surface area (Å²) in [5, 5.41) is 3.75. The lowest BCUT2D eigenvalue weighted by Crippen LogP contribution is -2.32. The molecule has 2 aromatic rings. The Morgan fingerprint density at radius 1 is 1.27 bits per heavy atom. The standard InChI is InChI=1S/C22H23BrClNO5/c1-2-28-22(27)21-9-19(10-25-21)29-12-15-5-14(11-26)6-18(7-15)30-13-16-3-4-17(24)8-20(16)23/h3-8,11,19,21,25H,2,9-10,12-13H2,1H3. The van der Waals surface area contributed by atoms with Gasteiger partial charge in [-0.2, -0.15) is 0 Å². The first-order valence-corrected chi connectivity index (χ1v) is 10.8. The number of hydrogen-bond acceptors (Lipinski definition) is 6. The molecule has 1 saturated heterocycles. The number of halogens is 2. The van der Waals surface area contributed by atoms with E-state index in [0.29, 0.717) is 49.1 Å². The molecule has 0 bridgehead atoms. The molecule has 1 heterocycles. The highest BCUT2D eigenvalue weighted by Crippen LogP contribution is 2.25. The summed E-state index contributed by atoms with van der Waals surface area (Å²) in [4.78, 5) is 23.2. The normalized spacial score (nSPS) is 18.2. The second kappa shape index (κ2) is 10.9. The van der Waals surface area contributed by atoms with E-state index in [9.17, 15) is 9.59 Å². The molecule has 2 unspecified atom stereocenters. The summed E-state index contributed by atoms with van der Waals surface area (Å²) in [6.07, 6.45) is 1.23. The third kappa shape index (κ3) is 6.28. The van der Waals surface area contributed by atoms with E-state index in [1.807, 2.05) is 12.1 Å². The molecule has 3 rings (SSSR count). The fourth-order valence-corrected chi connectivity index (χ4v) is 3.98. The van der Waals surface area contributed by atoms with Crippen LogP contribution < -0.4 is 10.1 Å².